The molecule has 20 heteroatoms. The second kappa shape index (κ2) is 19.5. The fraction of sp³-hybridized carbons (Fsp3) is 0.404. The summed E-state index contributed by atoms with van der Waals surface area (Å²) in [5.41, 5.74) is 6.61. The van der Waals surface area contributed by atoms with Gasteiger partial charge in [0, 0.05) is 85.7 Å². The third kappa shape index (κ3) is 9.95. The molecule has 4 aliphatic heterocycles. The molecule has 352 valence electrons. The summed E-state index contributed by atoms with van der Waals surface area (Å²) in [6.45, 7) is 6.32. The third-order valence-electron chi connectivity index (χ3n) is 13.0. The van der Waals surface area contributed by atoms with Crippen LogP contribution in [0, 0.1) is 10.1 Å². The molecular formula is C47H51ClN8O8S3. The molecule has 5 aliphatic rings. The molecule has 1 atom stereocenters. The molecule has 0 saturated carbocycles. The smallest absolute Gasteiger partial charge is 0.293 e. The number of ether oxygens (including phenoxy) is 3. The van der Waals surface area contributed by atoms with E-state index in [2.05, 4.69) is 60.5 Å². The van der Waals surface area contributed by atoms with E-state index in [1.807, 2.05) is 41.3 Å². The maximum Gasteiger partial charge on any atom is 0.293 e. The fourth-order valence-corrected chi connectivity index (χ4v) is 13.9. The van der Waals surface area contributed by atoms with E-state index in [4.69, 9.17) is 30.8 Å². The van der Waals surface area contributed by atoms with Crippen LogP contribution in [0.5, 0.6) is 5.88 Å². The Balaban J connectivity index is 0.916. The van der Waals surface area contributed by atoms with E-state index in [-0.39, 0.29) is 28.0 Å². The average Bonchev–Trinajstić information content (AvgIpc) is 3.95. The summed E-state index contributed by atoms with van der Waals surface area (Å²) in [6.07, 6.45) is 5.36. The molecule has 0 bridgehead atoms. The van der Waals surface area contributed by atoms with Crippen LogP contribution in [0.4, 0.5) is 28.4 Å². The molecule has 10 rings (SSSR count). The van der Waals surface area contributed by atoms with E-state index >= 15 is 0 Å². The molecule has 5 aromatic rings. The minimum atomic E-state index is -4.60. The monoisotopic (exact) mass is 986 g/mol. The van der Waals surface area contributed by atoms with Crippen LogP contribution in [0.15, 0.2) is 89.5 Å². The first-order chi connectivity index (χ1) is 32.5. The highest BCUT2D eigenvalue weighted by atomic mass is 35.5. The number of allylic oxidation sites excluding steroid dienone is 1. The van der Waals surface area contributed by atoms with Crippen LogP contribution in [0.3, 0.4) is 0 Å². The van der Waals surface area contributed by atoms with Gasteiger partial charge in [-0.05, 0) is 91.4 Å². The van der Waals surface area contributed by atoms with E-state index in [0.717, 1.165) is 67.7 Å². The molecular weight excluding hydrogens is 936 g/mol. The number of nitrogens with one attached hydrogen (secondary N) is 3. The molecule has 0 unspecified atom stereocenters. The summed E-state index contributed by atoms with van der Waals surface area (Å²) >= 11 is 10.6. The van der Waals surface area contributed by atoms with Gasteiger partial charge in [0.1, 0.15) is 17.0 Å². The lowest BCUT2D eigenvalue weighted by atomic mass is 9.86. The quantitative estimate of drug-likeness (QED) is 0.0809. The number of sulfonamides is 1. The lowest BCUT2D eigenvalue weighted by molar-refractivity contribution is -0.384. The number of rotatable bonds is 12. The number of amides is 1. The topological polar surface area (TPSA) is 185 Å². The number of H-pyrrole nitrogens is 1. The van der Waals surface area contributed by atoms with Gasteiger partial charge in [0.05, 0.1) is 57.7 Å². The number of benzene rings is 3. The van der Waals surface area contributed by atoms with Gasteiger partial charge in [-0.15, -0.1) is 23.5 Å². The molecule has 3 aromatic carbocycles. The Bertz CT molecular complexity index is 2810. The molecule has 16 nitrogen and oxygen atoms in total. The van der Waals surface area contributed by atoms with E-state index in [9.17, 15) is 23.3 Å². The molecule has 1 aliphatic carbocycles. The molecule has 67 heavy (non-hydrogen) atoms. The van der Waals surface area contributed by atoms with Crippen molar-refractivity contribution in [2.75, 3.05) is 98.9 Å². The number of pyridine rings is 1. The summed E-state index contributed by atoms with van der Waals surface area (Å²) in [5.74, 6) is 1.89. The second-order valence-corrected chi connectivity index (χ2v) is 22.6. The van der Waals surface area contributed by atoms with Gasteiger partial charge in [-0.3, -0.25) is 19.8 Å². The largest absolute Gasteiger partial charge is 0.476 e. The van der Waals surface area contributed by atoms with Crippen LogP contribution < -0.4 is 24.6 Å². The van der Waals surface area contributed by atoms with Gasteiger partial charge in [-0.1, -0.05) is 29.3 Å². The molecule has 3 saturated heterocycles. The zero-order chi connectivity index (χ0) is 46.1. The predicted octanol–water partition coefficient (Wildman–Crippen LogP) is 7.93. The number of nitro benzene ring substituents is 1. The van der Waals surface area contributed by atoms with Crippen LogP contribution in [0.1, 0.15) is 41.6 Å². The second-order valence-electron chi connectivity index (χ2n) is 17.2. The van der Waals surface area contributed by atoms with Crippen LogP contribution in [0.2, 0.25) is 5.02 Å². The predicted molar refractivity (Wildman–Crippen MR) is 265 cm³/mol. The number of anilines is 4. The first-order valence-corrected chi connectivity index (χ1v) is 26.4. The van der Waals surface area contributed by atoms with Crippen molar-refractivity contribution in [2.45, 2.75) is 40.8 Å². The highest BCUT2D eigenvalue weighted by Crippen LogP contribution is 2.56. The number of fused-ring (bicyclic) bond motifs is 2. The van der Waals surface area contributed by atoms with E-state index in [1.165, 1.54) is 46.8 Å². The Morgan fingerprint density at radius 1 is 0.970 bits per heavy atom. The van der Waals surface area contributed by atoms with Gasteiger partial charge >= 0.3 is 0 Å². The Kier molecular flexibility index (Phi) is 13.3. The van der Waals surface area contributed by atoms with Crippen molar-refractivity contribution in [1.82, 2.24) is 19.6 Å². The molecule has 1 amide bonds. The van der Waals surface area contributed by atoms with E-state index in [1.54, 1.807) is 12.3 Å². The number of hydrogen-bond acceptors (Lipinski definition) is 15. The van der Waals surface area contributed by atoms with Crippen LogP contribution in [0.25, 0.3) is 16.6 Å². The maximum atomic E-state index is 14.4. The lowest BCUT2D eigenvalue weighted by Gasteiger charge is -2.40. The zero-order valence-corrected chi connectivity index (χ0v) is 39.9. The number of thioether (sulfide) groups is 2. The number of aromatic amines is 1. The number of halogens is 1. The Morgan fingerprint density at radius 2 is 1.79 bits per heavy atom. The summed E-state index contributed by atoms with van der Waals surface area (Å²) in [7, 11) is -4.60. The third-order valence-corrected chi connectivity index (χ3v) is 18.1. The van der Waals surface area contributed by atoms with Crippen molar-refractivity contribution in [1.29, 1.82) is 0 Å². The zero-order valence-electron chi connectivity index (χ0n) is 36.7. The Morgan fingerprint density at radius 3 is 2.57 bits per heavy atom. The van der Waals surface area contributed by atoms with Crippen molar-refractivity contribution in [3.63, 3.8) is 0 Å². The minimum absolute atomic E-state index is 0.103. The lowest BCUT2D eigenvalue weighted by Crippen LogP contribution is -2.47. The SMILES string of the molecule is O=C(NS(=O)(=O)c1ccc(NC[C@H]2COCCO2)c([N+](=O)[O-])c1)c1ccc(N2CCN(CC3=C(c4ccc(Cl)cc4)CC4(CC3)SCCS4)CC2)cc1N1CCCOc2nc3[nH]ccc3cc21. The minimum Gasteiger partial charge on any atom is -0.476 e. The molecule has 2 aromatic heterocycles. The summed E-state index contributed by atoms with van der Waals surface area (Å²) in [5, 5.41) is 16.8. The van der Waals surface area contributed by atoms with Crippen molar-refractivity contribution in [3.05, 3.63) is 111 Å². The maximum absolute atomic E-state index is 14.4. The number of carbonyl (C=O) groups is 1. The summed E-state index contributed by atoms with van der Waals surface area (Å²) < 4.78 is 47.6. The van der Waals surface area contributed by atoms with Gasteiger partial charge in [-0.2, -0.15) is 4.98 Å². The van der Waals surface area contributed by atoms with Gasteiger partial charge in [-0.25, -0.2) is 13.1 Å². The van der Waals surface area contributed by atoms with Crippen LogP contribution >= 0.6 is 35.1 Å². The number of aromatic nitrogens is 2. The first kappa shape index (κ1) is 45.7. The van der Waals surface area contributed by atoms with E-state index < -0.39 is 31.4 Å². The van der Waals surface area contributed by atoms with Crippen molar-refractivity contribution >= 4 is 96.1 Å². The molecule has 3 fully saturated rings. The number of nitrogens with zero attached hydrogens (tertiary/aromatic N) is 5. The molecule has 6 heterocycles. The van der Waals surface area contributed by atoms with Gasteiger partial charge < -0.3 is 34.3 Å². The standard InChI is InChI=1S/C47H51ClN8O8S3/c48-34-4-2-31(3-5-34)39-27-47(65-22-23-66-47)12-10-33(39)29-53-15-17-54(18-16-53)35-6-8-38(41(25-35)55-14-1-19-64-46-43(55)24-32-11-13-49-44(32)51-46)45(57)52-67(60,61)37-7-9-40(42(26-37)56(58)59)50-28-36-30-62-20-21-63-36/h2-9,11,13,24-26,36,50H,1,10,12,14-23,27-30H2,(H,49,51)(H,52,57)/t36-/m0/s1. The van der Waals surface area contributed by atoms with Crippen molar-refractivity contribution < 1.29 is 32.3 Å². The Hall–Kier alpha value is -5.02. The Labute approximate surface area is 402 Å². The van der Waals surface area contributed by atoms with Gasteiger partial charge in [0.25, 0.3) is 21.6 Å². The number of carbonyl (C=O) groups excluding carboxylic acids is 1. The number of nitro groups is 1. The summed E-state index contributed by atoms with van der Waals surface area (Å²) in [4.78, 5) is 40.2. The number of hydrogen-bond donors (Lipinski definition) is 3. The van der Waals surface area contributed by atoms with E-state index in [0.29, 0.717) is 62.3 Å². The van der Waals surface area contributed by atoms with Gasteiger partial charge in [0.15, 0.2) is 0 Å². The van der Waals surface area contributed by atoms with Crippen LogP contribution in [-0.2, 0) is 19.5 Å². The molecule has 3 N–H and O–H groups in total. The van der Waals surface area contributed by atoms with Crippen LogP contribution in [-0.4, -0.2) is 128 Å². The van der Waals surface area contributed by atoms with Gasteiger partial charge in [0.2, 0.25) is 5.88 Å². The first-order valence-electron chi connectivity index (χ1n) is 22.5. The summed E-state index contributed by atoms with van der Waals surface area (Å²) in [6, 6.07) is 21.1. The normalized spacial score (nSPS) is 20.1. The highest BCUT2D eigenvalue weighted by molar-refractivity contribution is 8.21. The average molecular weight is 988 g/mol. The highest BCUT2D eigenvalue weighted by Gasteiger charge is 2.40. The molecule has 0 radical (unpaired) electrons. The number of piperazine rings is 1. The molecule has 1 spiro atoms. The van der Waals surface area contributed by atoms with Crippen molar-refractivity contribution in [3.8, 4) is 5.88 Å². The fourth-order valence-electron chi connectivity index (χ4n) is 9.53. The van der Waals surface area contributed by atoms with Crippen molar-refractivity contribution in [2.24, 2.45) is 0 Å².